The Balaban J connectivity index is 2.46. The topological polar surface area (TPSA) is 58.9 Å². The van der Waals surface area contributed by atoms with Crippen LogP contribution in [-0.2, 0) is 0 Å². The van der Waals surface area contributed by atoms with Crippen molar-refractivity contribution in [3.8, 4) is 0 Å². The first-order valence-corrected chi connectivity index (χ1v) is 5.63. The van der Waals surface area contributed by atoms with Gasteiger partial charge in [-0.15, -0.1) is 0 Å². The van der Waals surface area contributed by atoms with Gasteiger partial charge in [0.1, 0.15) is 5.52 Å². The maximum Gasteiger partial charge on any atom is 0.256 e. The minimum atomic E-state index is -0.0891. The molecule has 0 aliphatic carbocycles. The minimum Gasteiger partial charge on any atom is -0.356 e. The number of benzene rings is 2. The standard InChI is InChI=1S/C14H8N2O2/c17-14-12-8(7-15-14)5-6-10-13(12)9-3-1-2-4-11(9)18-16-10/h1-7H,(H,15,17). The van der Waals surface area contributed by atoms with Crippen LogP contribution < -0.4 is 5.56 Å². The second kappa shape index (κ2) is 3.20. The molecule has 2 aromatic carbocycles. The van der Waals surface area contributed by atoms with Gasteiger partial charge in [-0.05, 0) is 12.1 Å². The van der Waals surface area contributed by atoms with Crippen LogP contribution in [0, 0.1) is 0 Å². The smallest absolute Gasteiger partial charge is 0.256 e. The molecule has 0 aliphatic heterocycles. The molecule has 0 spiro atoms. The molecule has 0 amide bonds. The lowest BCUT2D eigenvalue weighted by atomic mass is 10.1. The van der Waals surface area contributed by atoms with E-state index in [1.54, 1.807) is 6.20 Å². The minimum absolute atomic E-state index is 0.0891. The van der Waals surface area contributed by atoms with Gasteiger partial charge in [0, 0.05) is 22.4 Å². The van der Waals surface area contributed by atoms with Gasteiger partial charge in [-0.25, -0.2) is 0 Å². The summed E-state index contributed by atoms with van der Waals surface area (Å²) in [5, 5.41) is 7.37. The van der Waals surface area contributed by atoms with Crippen molar-refractivity contribution in [2.45, 2.75) is 0 Å². The quantitative estimate of drug-likeness (QED) is 0.477. The summed E-state index contributed by atoms with van der Waals surface area (Å²) >= 11 is 0. The Bertz CT molecular complexity index is 950. The maximum atomic E-state index is 11.9. The molecule has 0 bridgehead atoms. The van der Waals surface area contributed by atoms with Crippen LogP contribution in [0.25, 0.3) is 32.6 Å². The van der Waals surface area contributed by atoms with Gasteiger partial charge in [0.2, 0.25) is 0 Å². The van der Waals surface area contributed by atoms with E-state index in [1.807, 2.05) is 36.4 Å². The van der Waals surface area contributed by atoms with Crippen LogP contribution in [0.1, 0.15) is 0 Å². The third-order valence-corrected chi connectivity index (χ3v) is 3.20. The number of aromatic nitrogens is 2. The molecule has 4 aromatic rings. The van der Waals surface area contributed by atoms with E-state index in [1.165, 1.54) is 0 Å². The fourth-order valence-corrected chi connectivity index (χ4v) is 2.39. The van der Waals surface area contributed by atoms with Crippen LogP contribution in [-0.4, -0.2) is 10.1 Å². The van der Waals surface area contributed by atoms with E-state index >= 15 is 0 Å². The first kappa shape index (κ1) is 9.41. The summed E-state index contributed by atoms with van der Waals surface area (Å²) in [6.45, 7) is 0. The fourth-order valence-electron chi connectivity index (χ4n) is 2.39. The lowest BCUT2D eigenvalue weighted by molar-refractivity contribution is 0.455. The molecule has 0 radical (unpaired) electrons. The van der Waals surface area contributed by atoms with Gasteiger partial charge in [0.25, 0.3) is 5.56 Å². The number of rotatable bonds is 0. The van der Waals surface area contributed by atoms with Gasteiger partial charge in [-0.3, -0.25) is 4.79 Å². The fraction of sp³-hybridized carbons (Fsp3) is 0. The van der Waals surface area contributed by atoms with Crippen molar-refractivity contribution in [1.82, 2.24) is 10.1 Å². The van der Waals surface area contributed by atoms with Gasteiger partial charge >= 0.3 is 0 Å². The van der Waals surface area contributed by atoms with E-state index in [0.717, 1.165) is 16.2 Å². The highest BCUT2D eigenvalue weighted by atomic mass is 16.5. The van der Waals surface area contributed by atoms with Gasteiger partial charge in [0.05, 0.1) is 5.39 Å². The van der Waals surface area contributed by atoms with Crippen LogP contribution in [0.5, 0.6) is 0 Å². The van der Waals surface area contributed by atoms with Crippen molar-refractivity contribution in [3.05, 3.63) is 52.9 Å². The summed E-state index contributed by atoms with van der Waals surface area (Å²) in [6.07, 6.45) is 1.72. The zero-order chi connectivity index (χ0) is 12.1. The Morgan fingerprint density at radius 1 is 1.06 bits per heavy atom. The summed E-state index contributed by atoms with van der Waals surface area (Å²) < 4.78 is 5.33. The summed E-state index contributed by atoms with van der Waals surface area (Å²) in [6, 6.07) is 11.3. The van der Waals surface area contributed by atoms with Crippen molar-refractivity contribution in [3.63, 3.8) is 0 Å². The molecule has 0 atom stereocenters. The predicted octanol–water partition coefficient (Wildman–Crippen LogP) is 2.82. The van der Waals surface area contributed by atoms with Crippen LogP contribution in [0.15, 0.2) is 51.9 Å². The van der Waals surface area contributed by atoms with Crippen molar-refractivity contribution in [2.24, 2.45) is 0 Å². The molecule has 0 saturated carbocycles. The lowest BCUT2D eigenvalue weighted by Gasteiger charge is -2.02. The Hall–Kier alpha value is -2.62. The van der Waals surface area contributed by atoms with Crippen LogP contribution in [0.4, 0.5) is 0 Å². The van der Waals surface area contributed by atoms with Crippen molar-refractivity contribution in [1.29, 1.82) is 0 Å². The van der Waals surface area contributed by atoms with E-state index in [4.69, 9.17) is 4.52 Å². The molecule has 4 nitrogen and oxygen atoms in total. The van der Waals surface area contributed by atoms with E-state index < -0.39 is 0 Å². The second-order valence-corrected chi connectivity index (χ2v) is 4.22. The largest absolute Gasteiger partial charge is 0.356 e. The van der Waals surface area contributed by atoms with Crippen molar-refractivity contribution in [2.75, 3.05) is 0 Å². The van der Waals surface area contributed by atoms with Gasteiger partial charge in [-0.2, -0.15) is 0 Å². The number of nitrogens with one attached hydrogen (secondary N) is 1. The van der Waals surface area contributed by atoms with Gasteiger partial charge in [0.15, 0.2) is 5.58 Å². The summed E-state index contributed by atoms with van der Waals surface area (Å²) in [7, 11) is 0. The average Bonchev–Trinajstić information content (AvgIpc) is 2.80. The van der Waals surface area contributed by atoms with Crippen LogP contribution in [0.2, 0.25) is 0 Å². The zero-order valence-corrected chi connectivity index (χ0v) is 9.31. The molecule has 1 N–H and O–H groups in total. The van der Waals surface area contributed by atoms with Crippen LogP contribution >= 0.6 is 0 Å². The summed E-state index contributed by atoms with van der Waals surface area (Å²) in [5.74, 6) is 0. The van der Waals surface area contributed by atoms with E-state index in [9.17, 15) is 4.79 Å². The Labute approximate surface area is 101 Å². The highest BCUT2D eigenvalue weighted by Gasteiger charge is 2.11. The molecule has 0 aliphatic rings. The number of para-hydroxylation sites is 1. The molecular weight excluding hydrogens is 228 g/mol. The molecule has 0 fully saturated rings. The second-order valence-electron chi connectivity index (χ2n) is 4.22. The van der Waals surface area contributed by atoms with E-state index in [2.05, 4.69) is 10.1 Å². The highest BCUT2D eigenvalue weighted by Crippen LogP contribution is 2.28. The summed E-state index contributed by atoms with van der Waals surface area (Å²) in [4.78, 5) is 14.6. The molecule has 4 rings (SSSR count). The monoisotopic (exact) mass is 236 g/mol. The number of hydrogen-bond donors (Lipinski definition) is 1. The number of hydrogen-bond acceptors (Lipinski definition) is 3. The van der Waals surface area contributed by atoms with Gasteiger partial charge < -0.3 is 9.51 Å². The Morgan fingerprint density at radius 2 is 1.94 bits per heavy atom. The maximum absolute atomic E-state index is 11.9. The lowest BCUT2D eigenvalue weighted by Crippen LogP contribution is -1.98. The van der Waals surface area contributed by atoms with Gasteiger partial charge in [-0.1, -0.05) is 29.4 Å². The molecule has 0 saturated heterocycles. The Kier molecular flexibility index (Phi) is 1.67. The molecule has 2 heterocycles. The number of nitrogens with zero attached hydrogens (tertiary/aromatic N) is 1. The average molecular weight is 236 g/mol. The predicted molar refractivity (Wildman–Crippen MR) is 69.6 cm³/mol. The third kappa shape index (κ3) is 1.09. The van der Waals surface area contributed by atoms with E-state index in [-0.39, 0.29) is 5.56 Å². The number of fused-ring (bicyclic) bond motifs is 5. The molecule has 18 heavy (non-hydrogen) atoms. The number of aromatic amines is 1. The van der Waals surface area contributed by atoms with Crippen molar-refractivity contribution < 1.29 is 4.52 Å². The summed E-state index contributed by atoms with van der Waals surface area (Å²) in [5.41, 5.74) is 1.28. The number of H-pyrrole nitrogens is 1. The third-order valence-electron chi connectivity index (χ3n) is 3.20. The zero-order valence-electron chi connectivity index (χ0n) is 9.31. The normalized spacial score (nSPS) is 11.6. The molecule has 86 valence electrons. The molecule has 2 aromatic heterocycles. The first-order valence-electron chi connectivity index (χ1n) is 5.63. The van der Waals surface area contributed by atoms with Crippen LogP contribution in [0.3, 0.4) is 0 Å². The molecule has 4 heteroatoms. The Morgan fingerprint density at radius 3 is 2.89 bits per heavy atom. The van der Waals surface area contributed by atoms with Crippen molar-refractivity contribution >= 4 is 32.6 Å². The molecule has 0 unspecified atom stereocenters. The molecular formula is C14H8N2O2. The first-order chi connectivity index (χ1) is 8.84. The SMILES string of the molecule is O=c1[nH]cc2ccc3noc4ccccc4c3c12. The highest BCUT2D eigenvalue weighted by molar-refractivity contribution is 6.17. The van der Waals surface area contributed by atoms with E-state index in [0.29, 0.717) is 16.5 Å².